The van der Waals surface area contributed by atoms with Gasteiger partial charge in [-0.15, -0.1) is 0 Å². The Bertz CT molecular complexity index is 834. The fraction of sp³-hybridized carbons (Fsp3) is 0.0556. The summed E-state index contributed by atoms with van der Waals surface area (Å²) in [5.74, 6) is 0. The number of benzene rings is 3. The zero-order valence-electron chi connectivity index (χ0n) is 11.4. The summed E-state index contributed by atoms with van der Waals surface area (Å²) in [5, 5.41) is 11.7. The van der Waals surface area contributed by atoms with Crippen molar-refractivity contribution < 1.29 is 0 Å². The summed E-state index contributed by atoms with van der Waals surface area (Å²) < 4.78 is 0. The minimum Gasteiger partial charge on any atom is -0.326 e. The summed E-state index contributed by atoms with van der Waals surface area (Å²) in [6, 6.07) is 22.7. The molecule has 102 valence electrons. The van der Waals surface area contributed by atoms with E-state index in [1.807, 2.05) is 30.3 Å². The van der Waals surface area contributed by atoms with Gasteiger partial charge in [0, 0.05) is 16.3 Å². The predicted molar refractivity (Wildman–Crippen MR) is 87.1 cm³/mol. The summed E-state index contributed by atoms with van der Waals surface area (Å²) in [6.45, 7) is 0.454. The molecule has 0 aliphatic rings. The van der Waals surface area contributed by atoms with Crippen molar-refractivity contribution >= 4 is 22.5 Å². The maximum absolute atomic E-state index is 9.28. The number of rotatable bonds is 3. The molecule has 3 aromatic rings. The maximum atomic E-state index is 9.28. The van der Waals surface area contributed by atoms with Crippen LogP contribution in [0.4, 0.5) is 0 Å². The predicted octanol–water partition coefficient (Wildman–Crippen LogP) is 4.32. The van der Waals surface area contributed by atoms with Crippen LogP contribution in [-0.4, -0.2) is 0 Å². The van der Waals surface area contributed by atoms with E-state index < -0.39 is 0 Å². The number of nitrogens with two attached hydrogens (primary N) is 1. The Balaban J connectivity index is 1.96. The highest BCUT2D eigenvalue weighted by atomic mass is 32.2. The fourth-order valence-electron chi connectivity index (χ4n) is 2.24. The molecule has 0 aromatic heterocycles. The third-order valence-corrected chi connectivity index (χ3v) is 4.41. The zero-order chi connectivity index (χ0) is 14.7. The van der Waals surface area contributed by atoms with Gasteiger partial charge in [0.05, 0.1) is 5.56 Å². The molecular weight excluding hydrogens is 276 g/mol. The van der Waals surface area contributed by atoms with Gasteiger partial charge in [-0.3, -0.25) is 0 Å². The van der Waals surface area contributed by atoms with Gasteiger partial charge >= 0.3 is 0 Å². The second kappa shape index (κ2) is 6.01. The lowest BCUT2D eigenvalue weighted by atomic mass is 10.1. The van der Waals surface area contributed by atoms with Gasteiger partial charge in [0.15, 0.2) is 0 Å². The quantitative estimate of drug-likeness (QED) is 0.781. The molecule has 0 saturated heterocycles. The van der Waals surface area contributed by atoms with Crippen molar-refractivity contribution in [1.29, 1.82) is 5.26 Å². The molecule has 0 aliphatic carbocycles. The van der Waals surface area contributed by atoms with E-state index in [-0.39, 0.29) is 0 Å². The molecule has 0 aliphatic heterocycles. The van der Waals surface area contributed by atoms with Crippen LogP contribution in [0.1, 0.15) is 11.1 Å². The number of hydrogen-bond donors (Lipinski definition) is 1. The highest BCUT2D eigenvalue weighted by Crippen LogP contribution is 2.32. The van der Waals surface area contributed by atoms with Crippen molar-refractivity contribution in [1.82, 2.24) is 0 Å². The second-order valence-electron chi connectivity index (χ2n) is 4.76. The van der Waals surface area contributed by atoms with Crippen LogP contribution >= 0.6 is 11.8 Å². The highest BCUT2D eigenvalue weighted by Gasteiger charge is 2.06. The number of nitrogens with zero attached hydrogens (tertiary/aromatic N) is 1. The van der Waals surface area contributed by atoms with E-state index in [0.717, 1.165) is 15.4 Å². The van der Waals surface area contributed by atoms with E-state index in [1.54, 1.807) is 11.8 Å². The first-order valence-electron chi connectivity index (χ1n) is 6.70. The molecule has 0 amide bonds. The van der Waals surface area contributed by atoms with Gasteiger partial charge in [0.25, 0.3) is 0 Å². The lowest BCUT2D eigenvalue weighted by molar-refractivity contribution is 1.06. The second-order valence-corrected chi connectivity index (χ2v) is 5.87. The zero-order valence-corrected chi connectivity index (χ0v) is 12.2. The lowest BCUT2D eigenvalue weighted by Crippen LogP contribution is -1.96. The van der Waals surface area contributed by atoms with E-state index in [9.17, 15) is 5.26 Å². The van der Waals surface area contributed by atoms with E-state index >= 15 is 0 Å². The van der Waals surface area contributed by atoms with Gasteiger partial charge in [0.1, 0.15) is 6.07 Å². The van der Waals surface area contributed by atoms with Crippen LogP contribution < -0.4 is 5.73 Å². The highest BCUT2D eigenvalue weighted by molar-refractivity contribution is 7.99. The molecule has 2 nitrogen and oxygen atoms in total. The van der Waals surface area contributed by atoms with Crippen LogP contribution in [0.25, 0.3) is 10.8 Å². The minimum absolute atomic E-state index is 0.454. The summed E-state index contributed by atoms with van der Waals surface area (Å²) in [4.78, 5) is 2.09. The number of fused-ring (bicyclic) bond motifs is 1. The van der Waals surface area contributed by atoms with E-state index in [0.29, 0.717) is 12.1 Å². The average molecular weight is 290 g/mol. The summed E-state index contributed by atoms with van der Waals surface area (Å²) in [6.07, 6.45) is 0. The molecule has 0 spiro atoms. The molecule has 0 bridgehead atoms. The van der Waals surface area contributed by atoms with Crippen LogP contribution in [0.2, 0.25) is 0 Å². The van der Waals surface area contributed by atoms with Gasteiger partial charge in [-0.2, -0.15) is 5.26 Å². The van der Waals surface area contributed by atoms with Gasteiger partial charge in [-0.25, -0.2) is 0 Å². The van der Waals surface area contributed by atoms with Crippen LogP contribution in [0.15, 0.2) is 70.5 Å². The van der Waals surface area contributed by atoms with E-state index in [1.165, 1.54) is 10.8 Å². The first kappa shape index (κ1) is 13.7. The Kier molecular flexibility index (Phi) is 3.92. The normalized spacial score (nSPS) is 10.5. The Morgan fingerprint density at radius 2 is 1.76 bits per heavy atom. The largest absolute Gasteiger partial charge is 0.326 e. The molecule has 21 heavy (non-hydrogen) atoms. The third kappa shape index (κ3) is 2.92. The fourth-order valence-corrected chi connectivity index (χ4v) is 3.16. The SMILES string of the molecule is N#Cc1cc(CN)ccc1Sc1ccc2ccccc2c1. The topological polar surface area (TPSA) is 49.8 Å². The monoisotopic (exact) mass is 290 g/mol. The molecule has 3 aromatic carbocycles. The van der Waals surface area contributed by atoms with Crippen molar-refractivity contribution in [3.05, 3.63) is 71.8 Å². The van der Waals surface area contributed by atoms with E-state index in [2.05, 4.69) is 36.4 Å². The Morgan fingerprint density at radius 1 is 0.952 bits per heavy atom. The van der Waals surface area contributed by atoms with E-state index in [4.69, 9.17) is 5.73 Å². The van der Waals surface area contributed by atoms with Crippen LogP contribution in [-0.2, 0) is 6.54 Å². The minimum atomic E-state index is 0.454. The third-order valence-electron chi connectivity index (χ3n) is 3.35. The van der Waals surface area contributed by atoms with Crippen molar-refractivity contribution in [2.24, 2.45) is 5.73 Å². The Labute approximate surface area is 128 Å². The maximum Gasteiger partial charge on any atom is 0.100 e. The van der Waals surface area contributed by atoms with Crippen molar-refractivity contribution in [3.8, 4) is 6.07 Å². The van der Waals surface area contributed by atoms with Crippen molar-refractivity contribution in [3.63, 3.8) is 0 Å². The molecule has 0 saturated carbocycles. The lowest BCUT2D eigenvalue weighted by Gasteiger charge is -2.07. The molecule has 0 unspecified atom stereocenters. The molecular formula is C18H14N2S. The average Bonchev–Trinajstić information content (AvgIpc) is 2.55. The van der Waals surface area contributed by atoms with Gasteiger partial charge < -0.3 is 5.73 Å². The molecule has 0 atom stereocenters. The van der Waals surface area contributed by atoms with Gasteiger partial charge in [-0.1, -0.05) is 48.2 Å². The summed E-state index contributed by atoms with van der Waals surface area (Å²) in [5.41, 5.74) is 7.28. The Morgan fingerprint density at radius 3 is 2.52 bits per heavy atom. The van der Waals surface area contributed by atoms with Crippen LogP contribution in [0.5, 0.6) is 0 Å². The first-order valence-corrected chi connectivity index (χ1v) is 7.51. The van der Waals surface area contributed by atoms with Gasteiger partial charge in [-0.05, 0) is 40.6 Å². The van der Waals surface area contributed by atoms with Crippen molar-refractivity contribution in [2.45, 2.75) is 16.3 Å². The van der Waals surface area contributed by atoms with Crippen LogP contribution in [0, 0.1) is 11.3 Å². The molecule has 0 radical (unpaired) electrons. The molecule has 0 heterocycles. The summed E-state index contributed by atoms with van der Waals surface area (Å²) >= 11 is 1.61. The first-order chi connectivity index (χ1) is 10.3. The number of nitriles is 1. The van der Waals surface area contributed by atoms with Crippen molar-refractivity contribution in [2.75, 3.05) is 0 Å². The van der Waals surface area contributed by atoms with Crippen LogP contribution in [0.3, 0.4) is 0 Å². The molecule has 0 fully saturated rings. The molecule has 2 N–H and O–H groups in total. The number of hydrogen-bond acceptors (Lipinski definition) is 3. The molecule has 3 heteroatoms. The standard InChI is InChI=1S/C18H14N2S/c19-11-13-5-8-18(16(9-13)12-20)21-17-7-6-14-3-1-2-4-15(14)10-17/h1-10H,11,19H2. The Hall–Kier alpha value is -2.28. The summed E-state index contributed by atoms with van der Waals surface area (Å²) in [7, 11) is 0. The van der Waals surface area contributed by atoms with Gasteiger partial charge in [0.2, 0.25) is 0 Å². The smallest absolute Gasteiger partial charge is 0.100 e. The molecule has 3 rings (SSSR count).